The quantitative estimate of drug-likeness (QED) is 0.410. The summed E-state index contributed by atoms with van der Waals surface area (Å²) in [6.07, 6.45) is -0.760. The van der Waals surface area contributed by atoms with Gasteiger partial charge in [-0.05, 0) is 69.5 Å². The lowest BCUT2D eigenvalue weighted by Crippen LogP contribution is -2.38. The molecule has 0 bridgehead atoms. The molecule has 4 rings (SSSR count). The number of halogens is 3. The van der Waals surface area contributed by atoms with Crippen molar-refractivity contribution in [1.29, 1.82) is 0 Å². The highest BCUT2D eigenvalue weighted by Gasteiger charge is 2.32. The van der Waals surface area contributed by atoms with Gasteiger partial charge in [0, 0.05) is 23.2 Å². The van der Waals surface area contributed by atoms with Gasteiger partial charge in [0.25, 0.3) is 0 Å². The number of carbonyl (C=O) groups is 1. The van der Waals surface area contributed by atoms with Gasteiger partial charge in [0.2, 0.25) is 0 Å². The van der Waals surface area contributed by atoms with Gasteiger partial charge in [-0.1, -0.05) is 12.1 Å². The fourth-order valence-corrected chi connectivity index (χ4v) is 3.49. The van der Waals surface area contributed by atoms with Crippen LogP contribution in [0, 0.1) is 6.92 Å². The van der Waals surface area contributed by atoms with E-state index in [1.165, 1.54) is 26.0 Å². The summed E-state index contributed by atoms with van der Waals surface area (Å²) in [6, 6.07) is 9.95. The minimum atomic E-state index is -4.39. The molecule has 3 aromatic rings. The van der Waals surface area contributed by atoms with Crippen LogP contribution in [0.2, 0.25) is 0 Å². The second kappa shape index (κ2) is 9.20. The molecule has 1 aliphatic carbocycles. The van der Waals surface area contributed by atoms with Gasteiger partial charge in [-0.2, -0.15) is 13.2 Å². The number of hydrogen-bond donors (Lipinski definition) is 1. The van der Waals surface area contributed by atoms with Gasteiger partial charge in [-0.25, -0.2) is 14.8 Å². The van der Waals surface area contributed by atoms with Crippen molar-refractivity contribution in [2.24, 2.45) is 0 Å². The van der Waals surface area contributed by atoms with Crippen LogP contribution in [0.15, 0.2) is 48.7 Å². The Kier molecular flexibility index (Phi) is 6.44. The summed E-state index contributed by atoms with van der Waals surface area (Å²) in [4.78, 5) is 20.3. The van der Waals surface area contributed by atoms with Crippen LogP contribution in [-0.2, 0) is 17.6 Å². The predicted molar refractivity (Wildman–Crippen MR) is 122 cm³/mol. The highest BCUT2D eigenvalue weighted by atomic mass is 19.4. The SMILES string of the molecule is Cc1cc(OCc2cnc(-c3ccc(C(F)(F)F)cc3)nc2C2CC2)ccc1OC(C)(C)C(=O)O. The van der Waals surface area contributed by atoms with E-state index in [2.05, 4.69) is 9.97 Å². The molecular weight excluding hydrogens is 461 g/mol. The smallest absolute Gasteiger partial charge is 0.416 e. The summed E-state index contributed by atoms with van der Waals surface area (Å²) in [5, 5.41) is 9.26. The second-order valence-electron chi connectivity index (χ2n) is 9.09. The monoisotopic (exact) mass is 486 g/mol. The molecule has 0 aliphatic heterocycles. The van der Waals surface area contributed by atoms with E-state index in [-0.39, 0.29) is 12.5 Å². The lowest BCUT2D eigenvalue weighted by Gasteiger charge is -2.23. The van der Waals surface area contributed by atoms with Gasteiger partial charge < -0.3 is 14.6 Å². The summed E-state index contributed by atoms with van der Waals surface area (Å²) >= 11 is 0. The Balaban J connectivity index is 1.49. The minimum absolute atomic E-state index is 0.222. The average Bonchev–Trinajstić information content (AvgIpc) is 3.64. The maximum absolute atomic E-state index is 12.9. The number of aromatic nitrogens is 2. The molecule has 0 spiro atoms. The maximum Gasteiger partial charge on any atom is 0.416 e. The Labute approximate surface area is 200 Å². The van der Waals surface area contributed by atoms with E-state index in [1.54, 1.807) is 31.3 Å². The van der Waals surface area contributed by atoms with Crippen LogP contribution >= 0.6 is 0 Å². The molecule has 6 nitrogen and oxygen atoms in total. The van der Waals surface area contributed by atoms with Crippen LogP contribution in [0.3, 0.4) is 0 Å². The first-order valence-electron chi connectivity index (χ1n) is 11.1. The molecule has 1 fully saturated rings. The number of rotatable bonds is 8. The normalized spacial score (nSPS) is 14.0. The molecule has 1 N–H and O–H groups in total. The van der Waals surface area contributed by atoms with Crippen LogP contribution in [0.4, 0.5) is 13.2 Å². The lowest BCUT2D eigenvalue weighted by atomic mass is 10.1. The molecule has 0 unspecified atom stereocenters. The van der Waals surface area contributed by atoms with Crippen molar-refractivity contribution in [2.45, 2.75) is 57.9 Å². The zero-order valence-corrected chi connectivity index (χ0v) is 19.5. The highest BCUT2D eigenvalue weighted by Crippen LogP contribution is 2.41. The maximum atomic E-state index is 12.9. The van der Waals surface area contributed by atoms with Gasteiger partial charge in [0.05, 0.1) is 11.3 Å². The first-order chi connectivity index (χ1) is 16.4. The molecule has 0 amide bonds. The van der Waals surface area contributed by atoms with E-state index in [4.69, 9.17) is 9.47 Å². The molecule has 2 aromatic carbocycles. The minimum Gasteiger partial charge on any atom is -0.489 e. The zero-order valence-electron chi connectivity index (χ0n) is 19.5. The molecule has 0 radical (unpaired) electrons. The fraction of sp³-hybridized carbons (Fsp3) is 0.346. The van der Waals surface area contributed by atoms with Crippen LogP contribution in [0.1, 0.15) is 55.0 Å². The summed E-state index contributed by atoms with van der Waals surface area (Å²) in [5.74, 6) is 0.622. The third-order valence-electron chi connectivity index (χ3n) is 5.75. The van der Waals surface area contributed by atoms with Crippen molar-refractivity contribution in [2.75, 3.05) is 0 Å². The number of benzene rings is 2. The number of alkyl halides is 3. The molecule has 184 valence electrons. The number of hydrogen-bond acceptors (Lipinski definition) is 5. The van der Waals surface area contributed by atoms with Crippen LogP contribution in [0.5, 0.6) is 11.5 Å². The Hall–Kier alpha value is -3.62. The Morgan fingerprint density at radius 2 is 1.80 bits per heavy atom. The van der Waals surface area contributed by atoms with E-state index in [0.29, 0.717) is 22.9 Å². The summed E-state index contributed by atoms with van der Waals surface area (Å²) < 4.78 is 50.1. The predicted octanol–water partition coefficient (Wildman–Crippen LogP) is 6.17. The van der Waals surface area contributed by atoms with E-state index >= 15 is 0 Å². The van der Waals surface area contributed by atoms with E-state index in [9.17, 15) is 23.1 Å². The largest absolute Gasteiger partial charge is 0.489 e. The van der Waals surface area contributed by atoms with E-state index in [0.717, 1.165) is 41.8 Å². The van der Waals surface area contributed by atoms with Gasteiger partial charge in [0.15, 0.2) is 11.4 Å². The van der Waals surface area contributed by atoms with Crippen molar-refractivity contribution >= 4 is 5.97 Å². The third kappa shape index (κ3) is 5.72. The molecular formula is C26H25F3N2O4. The number of aliphatic carboxylic acids is 1. The highest BCUT2D eigenvalue weighted by molar-refractivity contribution is 5.76. The Morgan fingerprint density at radius 3 is 2.37 bits per heavy atom. The van der Waals surface area contributed by atoms with Gasteiger partial charge in [0.1, 0.15) is 18.1 Å². The fourth-order valence-electron chi connectivity index (χ4n) is 3.49. The van der Waals surface area contributed by atoms with Gasteiger partial charge >= 0.3 is 12.1 Å². The summed E-state index contributed by atoms with van der Waals surface area (Å²) in [7, 11) is 0. The molecule has 0 saturated heterocycles. The topological polar surface area (TPSA) is 81.5 Å². The van der Waals surface area contributed by atoms with Crippen molar-refractivity contribution in [1.82, 2.24) is 9.97 Å². The number of aryl methyl sites for hydroxylation is 1. The number of carboxylic acids is 1. The molecule has 1 saturated carbocycles. The first-order valence-corrected chi connectivity index (χ1v) is 11.1. The second-order valence-corrected chi connectivity index (χ2v) is 9.09. The lowest BCUT2D eigenvalue weighted by molar-refractivity contribution is -0.152. The molecule has 1 heterocycles. The Bertz CT molecular complexity index is 1240. The number of nitrogens with zero attached hydrogens (tertiary/aromatic N) is 2. The Morgan fingerprint density at radius 1 is 1.11 bits per heavy atom. The van der Waals surface area contributed by atoms with Crippen molar-refractivity contribution in [3.8, 4) is 22.9 Å². The van der Waals surface area contributed by atoms with Crippen LogP contribution < -0.4 is 9.47 Å². The van der Waals surface area contributed by atoms with Crippen molar-refractivity contribution in [3.63, 3.8) is 0 Å². The van der Waals surface area contributed by atoms with Crippen molar-refractivity contribution in [3.05, 3.63) is 71.0 Å². The van der Waals surface area contributed by atoms with Crippen LogP contribution in [0.25, 0.3) is 11.4 Å². The van der Waals surface area contributed by atoms with E-state index < -0.39 is 23.3 Å². The van der Waals surface area contributed by atoms with Gasteiger partial charge in [-0.15, -0.1) is 0 Å². The number of ether oxygens (including phenoxy) is 2. The van der Waals surface area contributed by atoms with Crippen LogP contribution in [-0.4, -0.2) is 26.6 Å². The van der Waals surface area contributed by atoms with E-state index in [1.807, 2.05) is 0 Å². The van der Waals surface area contributed by atoms with Gasteiger partial charge in [-0.3, -0.25) is 0 Å². The summed E-state index contributed by atoms with van der Waals surface area (Å²) in [6.45, 7) is 4.98. The first kappa shape index (κ1) is 24.5. The molecule has 35 heavy (non-hydrogen) atoms. The summed E-state index contributed by atoms with van der Waals surface area (Å²) in [5.41, 5.74) is 0.823. The average molecular weight is 486 g/mol. The molecule has 1 aliphatic rings. The molecule has 1 aromatic heterocycles. The molecule has 0 atom stereocenters. The zero-order chi connectivity index (χ0) is 25.4. The van der Waals surface area contributed by atoms with Crippen molar-refractivity contribution < 1.29 is 32.5 Å². The third-order valence-corrected chi connectivity index (χ3v) is 5.75. The standard InChI is InChI=1S/C26H25F3N2O4/c1-15-12-20(10-11-21(15)35-25(2,3)24(32)33)34-14-18-13-30-23(31-22(18)16-4-5-16)17-6-8-19(9-7-17)26(27,28)29/h6-13,16H,4-5,14H2,1-3H3,(H,32,33). The molecule has 9 heteroatoms. The number of carboxylic acid groups (broad SMARTS) is 1.